The third-order valence-electron chi connectivity index (χ3n) is 5.97. The van der Waals surface area contributed by atoms with Gasteiger partial charge in [0.1, 0.15) is 5.82 Å². The highest BCUT2D eigenvalue weighted by Gasteiger charge is 2.41. The number of rotatable bonds is 5. The molecule has 3 N–H and O–H groups in total. The Morgan fingerprint density at radius 3 is 2.65 bits per heavy atom. The number of nitrogens with zero attached hydrogens (tertiary/aromatic N) is 1. The molecular weight excluding hydrogens is 419 g/mol. The van der Waals surface area contributed by atoms with E-state index >= 15 is 0 Å². The lowest BCUT2D eigenvalue weighted by atomic mass is 9.85. The fraction of sp³-hybridized carbons (Fsp3) is 0.391. The Labute approximate surface area is 186 Å². The number of benzene rings is 2. The first-order chi connectivity index (χ1) is 14.9. The molecule has 2 fully saturated rings. The SMILES string of the molecule is CC1(c2cccc(Nc3ccc(F)cc3)c2Cl)CC(=O)N(CC2CCOCC2)C(=N)N1. The quantitative estimate of drug-likeness (QED) is 0.628. The van der Waals surface area contributed by atoms with E-state index in [4.69, 9.17) is 21.7 Å². The Balaban J connectivity index is 1.53. The van der Waals surface area contributed by atoms with Gasteiger partial charge in [-0.25, -0.2) is 4.39 Å². The zero-order valence-electron chi connectivity index (χ0n) is 17.4. The summed E-state index contributed by atoms with van der Waals surface area (Å²) in [7, 11) is 0. The summed E-state index contributed by atoms with van der Waals surface area (Å²) in [5, 5.41) is 15.4. The summed E-state index contributed by atoms with van der Waals surface area (Å²) in [5.41, 5.74) is 1.27. The molecule has 0 aromatic heterocycles. The summed E-state index contributed by atoms with van der Waals surface area (Å²) in [6.45, 7) is 3.82. The van der Waals surface area contributed by atoms with E-state index < -0.39 is 5.54 Å². The van der Waals surface area contributed by atoms with Gasteiger partial charge in [-0.1, -0.05) is 23.7 Å². The van der Waals surface area contributed by atoms with Gasteiger partial charge in [0, 0.05) is 25.4 Å². The standard InChI is InChI=1S/C23H26ClFN4O2/c1-23(13-20(30)29(22(26)28-23)14-15-9-11-31-12-10-15)18-3-2-4-19(21(18)24)27-17-7-5-16(25)6-8-17/h2-8,15,27H,9-14H2,1H3,(H2,26,28). The Morgan fingerprint density at radius 2 is 1.97 bits per heavy atom. The van der Waals surface area contributed by atoms with Gasteiger partial charge in [-0.05, 0) is 61.6 Å². The number of anilines is 2. The molecule has 0 aliphatic carbocycles. The van der Waals surface area contributed by atoms with Crippen molar-refractivity contribution in [2.24, 2.45) is 5.92 Å². The van der Waals surface area contributed by atoms with Crippen LogP contribution in [0, 0.1) is 17.1 Å². The second-order valence-electron chi connectivity index (χ2n) is 8.34. The minimum absolute atomic E-state index is 0.0919. The Hall–Kier alpha value is -2.64. The molecule has 31 heavy (non-hydrogen) atoms. The first kappa shape index (κ1) is 21.6. The maximum atomic E-state index is 13.2. The van der Waals surface area contributed by atoms with Gasteiger partial charge in [0.15, 0.2) is 5.96 Å². The third-order valence-corrected chi connectivity index (χ3v) is 6.38. The van der Waals surface area contributed by atoms with Crippen LogP contribution in [0.5, 0.6) is 0 Å². The summed E-state index contributed by atoms with van der Waals surface area (Å²) in [5.74, 6) is 0.0339. The lowest BCUT2D eigenvalue weighted by Crippen LogP contribution is -2.60. The second-order valence-corrected chi connectivity index (χ2v) is 8.72. The minimum atomic E-state index is -0.808. The molecule has 1 amide bonds. The zero-order chi connectivity index (χ0) is 22.0. The van der Waals surface area contributed by atoms with Crippen LogP contribution in [-0.2, 0) is 15.1 Å². The smallest absolute Gasteiger partial charge is 0.231 e. The molecule has 4 rings (SSSR count). The lowest BCUT2D eigenvalue weighted by molar-refractivity contribution is -0.131. The van der Waals surface area contributed by atoms with Gasteiger partial charge in [0.25, 0.3) is 0 Å². The summed E-state index contributed by atoms with van der Waals surface area (Å²) in [6, 6.07) is 11.5. The molecule has 1 atom stereocenters. The van der Waals surface area contributed by atoms with Crippen LogP contribution in [0.1, 0.15) is 31.7 Å². The summed E-state index contributed by atoms with van der Waals surface area (Å²) < 4.78 is 18.6. The van der Waals surface area contributed by atoms with Crippen LogP contribution >= 0.6 is 11.6 Å². The van der Waals surface area contributed by atoms with Crippen LogP contribution in [0.4, 0.5) is 15.8 Å². The number of ether oxygens (including phenoxy) is 1. The number of amides is 1. The summed E-state index contributed by atoms with van der Waals surface area (Å²) in [4.78, 5) is 14.5. The van der Waals surface area contributed by atoms with Crippen LogP contribution in [0.3, 0.4) is 0 Å². The normalized spacial score (nSPS) is 22.4. The van der Waals surface area contributed by atoms with Crippen molar-refractivity contribution in [2.45, 2.75) is 31.7 Å². The summed E-state index contributed by atoms with van der Waals surface area (Å²) >= 11 is 6.71. The van der Waals surface area contributed by atoms with Crippen LogP contribution in [0.15, 0.2) is 42.5 Å². The monoisotopic (exact) mass is 444 g/mol. The van der Waals surface area contributed by atoms with Crippen molar-refractivity contribution in [2.75, 3.05) is 25.1 Å². The first-order valence-electron chi connectivity index (χ1n) is 10.4. The van der Waals surface area contributed by atoms with Crippen molar-refractivity contribution >= 4 is 34.8 Å². The van der Waals surface area contributed by atoms with Crippen LogP contribution in [0.25, 0.3) is 0 Å². The Morgan fingerprint density at radius 1 is 1.26 bits per heavy atom. The predicted octanol–water partition coefficient (Wildman–Crippen LogP) is 4.62. The second kappa shape index (κ2) is 8.85. The highest BCUT2D eigenvalue weighted by atomic mass is 35.5. The Bertz CT molecular complexity index is 958. The molecule has 0 saturated carbocycles. The van der Waals surface area contributed by atoms with Gasteiger partial charge in [-0.3, -0.25) is 15.1 Å². The molecule has 6 nitrogen and oxygen atoms in total. The van der Waals surface area contributed by atoms with Gasteiger partial charge in [-0.15, -0.1) is 0 Å². The van der Waals surface area contributed by atoms with E-state index in [-0.39, 0.29) is 24.1 Å². The highest BCUT2D eigenvalue weighted by Crippen LogP contribution is 2.38. The van der Waals surface area contributed by atoms with Crippen LogP contribution < -0.4 is 10.6 Å². The van der Waals surface area contributed by atoms with Gasteiger partial charge >= 0.3 is 0 Å². The molecule has 2 aromatic rings. The van der Waals surface area contributed by atoms with Crippen LogP contribution in [0.2, 0.25) is 5.02 Å². The van der Waals surface area contributed by atoms with E-state index in [1.54, 1.807) is 12.1 Å². The first-order valence-corrected chi connectivity index (χ1v) is 10.8. The number of hydrogen-bond donors (Lipinski definition) is 3. The third kappa shape index (κ3) is 4.67. The van der Waals surface area contributed by atoms with E-state index in [9.17, 15) is 9.18 Å². The molecule has 0 bridgehead atoms. The van der Waals surface area contributed by atoms with Gasteiger partial charge in [-0.2, -0.15) is 0 Å². The van der Waals surface area contributed by atoms with Gasteiger partial charge in [0.05, 0.1) is 22.7 Å². The van der Waals surface area contributed by atoms with E-state index in [0.717, 1.165) is 18.4 Å². The van der Waals surface area contributed by atoms with Crippen molar-refractivity contribution < 1.29 is 13.9 Å². The largest absolute Gasteiger partial charge is 0.381 e. The van der Waals surface area contributed by atoms with Gasteiger partial charge < -0.3 is 15.4 Å². The number of guanidine groups is 1. The summed E-state index contributed by atoms with van der Waals surface area (Å²) in [6.07, 6.45) is 1.99. The molecule has 0 radical (unpaired) electrons. The number of nitrogens with one attached hydrogen (secondary N) is 3. The fourth-order valence-corrected chi connectivity index (χ4v) is 4.56. The van der Waals surface area contributed by atoms with Crippen molar-refractivity contribution in [1.82, 2.24) is 10.2 Å². The average molecular weight is 445 g/mol. The molecular formula is C23H26ClFN4O2. The van der Waals surface area contributed by atoms with Gasteiger partial charge in [0.2, 0.25) is 5.91 Å². The highest BCUT2D eigenvalue weighted by molar-refractivity contribution is 6.34. The van der Waals surface area contributed by atoms with E-state index in [1.165, 1.54) is 17.0 Å². The minimum Gasteiger partial charge on any atom is -0.381 e. The Kier molecular flexibility index (Phi) is 6.16. The number of hydrogen-bond acceptors (Lipinski definition) is 4. The van der Waals surface area contributed by atoms with E-state index in [0.29, 0.717) is 42.1 Å². The van der Waals surface area contributed by atoms with Crippen molar-refractivity contribution in [3.8, 4) is 0 Å². The molecule has 2 aromatic carbocycles. The topological polar surface area (TPSA) is 77.5 Å². The molecule has 2 aliphatic heterocycles. The predicted molar refractivity (Wildman–Crippen MR) is 119 cm³/mol. The molecule has 8 heteroatoms. The lowest BCUT2D eigenvalue weighted by Gasteiger charge is -2.42. The zero-order valence-corrected chi connectivity index (χ0v) is 18.1. The van der Waals surface area contributed by atoms with E-state index in [2.05, 4.69) is 10.6 Å². The van der Waals surface area contributed by atoms with Crippen molar-refractivity contribution in [3.63, 3.8) is 0 Å². The fourth-order valence-electron chi connectivity index (χ4n) is 4.18. The number of carbonyl (C=O) groups is 1. The van der Waals surface area contributed by atoms with Crippen LogP contribution in [-0.4, -0.2) is 36.5 Å². The molecule has 164 valence electrons. The molecule has 0 spiro atoms. The number of carbonyl (C=O) groups excluding carboxylic acids is 1. The molecule has 2 saturated heterocycles. The average Bonchev–Trinajstić information content (AvgIpc) is 2.74. The molecule has 1 unspecified atom stereocenters. The van der Waals surface area contributed by atoms with Crippen molar-refractivity contribution in [3.05, 3.63) is 58.9 Å². The maximum Gasteiger partial charge on any atom is 0.231 e. The van der Waals surface area contributed by atoms with E-state index in [1.807, 2.05) is 25.1 Å². The molecule has 2 heterocycles. The number of halogens is 2. The maximum absolute atomic E-state index is 13.2. The molecule has 2 aliphatic rings. The van der Waals surface area contributed by atoms with Crippen molar-refractivity contribution in [1.29, 1.82) is 5.41 Å².